The molecule has 0 aliphatic carbocycles. The number of nitrogens with one attached hydrogen (secondary N) is 2. The number of benzene rings is 2. The molecule has 27 heavy (non-hydrogen) atoms. The van der Waals surface area contributed by atoms with Gasteiger partial charge in [0.05, 0.1) is 12.8 Å². The number of rotatable bonds is 6. The molecule has 0 aromatic heterocycles. The van der Waals surface area contributed by atoms with Gasteiger partial charge in [0.2, 0.25) is 11.8 Å². The van der Waals surface area contributed by atoms with Gasteiger partial charge in [-0.25, -0.2) is 5.01 Å². The van der Waals surface area contributed by atoms with Crippen molar-refractivity contribution in [3.8, 4) is 5.75 Å². The van der Waals surface area contributed by atoms with Gasteiger partial charge in [0.1, 0.15) is 12.3 Å². The van der Waals surface area contributed by atoms with Gasteiger partial charge in [-0.15, -0.1) is 0 Å². The standard InChI is InChI=1S/C21H23N3O3/c1-15-6-8-17(9-7-15)19-10-11-21(26)24(23-19)14-20(25)22-13-16-4-3-5-18(12-16)27-2/h3-10,12,23H,11,13-14H2,1-2H3,(H,22,25). The number of ether oxygens (including phenoxy) is 1. The number of carbonyl (C=O) groups excluding carboxylic acids is 2. The molecule has 0 unspecified atom stereocenters. The molecule has 2 aromatic carbocycles. The van der Waals surface area contributed by atoms with Crippen LogP contribution in [-0.4, -0.2) is 30.5 Å². The van der Waals surface area contributed by atoms with Crippen molar-refractivity contribution in [3.05, 3.63) is 71.3 Å². The summed E-state index contributed by atoms with van der Waals surface area (Å²) >= 11 is 0. The van der Waals surface area contributed by atoms with Crippen LogP contribution in [0.5, 0.6) is 5.75 Å². The molecule has 1 heterocycles. The number of nitrogens with zero attached hydrogens (tertiary/aromatic N) is 1. The van der Waals surface area contributed by atoms with Gasteiger partial charge in [-0.1, -0.05) is 42.0 Å². The first-order chi connectivity index (χ1) is 13.0. The quantitative estimate of drug-likeness (QED) is 0.825. The lowest BCUT2D eigenvalue weighted by Gasteiger charge is -2.29. The molecule has 3 rings (SSSR count). The molecule has 0 bridgehead atoms. The van der Waals surface area contributed by atoms with E-state index in [0.717, 1.165) is 22.6 Å². The van der Waals surface area contributed by atoms with E-state index in [-0.39, 0.29) is 24.8 Å². The summed E-state index contributed by atoms with van der Waals surface area (Å²) in [4.78, 5) is 24.4. The summed E-state index contributed by atoms with van der Waals surface area (Å²) in [5.41, 5.74) is 6.96. The molecule has 1 aliphatic heterocycles. The first-order valence-electron chi connectivity index (χ1n) is 8.79. The van der Waals surface area contributed by atoms with E-state index in [0.29, 0.717) is 6.54 Å². The van der Waals surface area contributed by atoms with E-state index < -0.39 is 0 Å². The van der Waals surface area contributed by atoms with Gasteiger partial charge < -0.3 is 10.1 Å². The van der Waals surface area contributed by atoms with Crippen LogP contribution >= 0.6 is 0 Å². The number of carbonyl (C=O) groups is 2. The van der Waals surface area contributed by atoms with Crippen molar-refractivity contribution in [3.63, 3.8) is 0 Å². The molecule has 2 N–H and O–H groups in total. The molecule has 0 radical (unpaired) electrons. The van der Waals surface area contributed by atoms with E-state index in [2.05, 4.69) is 10.7 Å². The molecule has 0 saturated heterocycles. The first kappa shape index (κ1) is 18.5. The summed E-state index contributed by atoms with van der Waals surface area (Å²) < 4.78 is 5.18. The average Bonchev–Trinajstić information content (AvgIpc) is 2.69. The molecular weight excluding hydrogens is 342 g/mol. The zero-order valence-corrected chi connectivity index (χ0v) is 15.5. The first-order valence-corrected chi connectivity index (χ1v) is 8.79. The zero-order valence-electron chi connectivity index (χ0n) is 15.5. The summed E-state index contributed by atoms with van der Waals surface area (Å²) in [5, 5.41) is 4.19. The summed E-state index contributed by atoms with van der Waals surface area (Å²) in [6, 6.07) is 15.5. The molecule has 6 heteroatoms. The molecular formula is C21H23N3O3. The highest BCUT2D eigenvalue weighted by atomic mass is 16.5. The minimum absolute atomic E-state index is 0.0496. The van der Waals surface area contributed by atoms with E-state index in [1.54, 1.807) is 7.11 Å². The SMILES string of the molecule is COc1cccc(CNC(=O)CN2NC(c3ccc(C)cc3)=CCC2=O)c1. The maximum atomic E-state index is 12.3. The van der Waals surface area contributed by atoms with E-state index in [9.17, 15) is 9.59 Å². The molecule has 0 fully saturated rings. The molecule has 0 saturated carbocycles. The van der Waals surface area contributed by atoms with Crippen LogP contribution < -0.4 is 15.5 Å². The highest BCUT2D eigenvalue weighted by Gasteiger charge is 2.22. The van der Waals surface area contributed by atoms with Crippen LogP contribution in [0.15, 0.2) is 54.6 Å². The Morgan fingerprint density at radius 1 is 1.22 bits per heavy atom. The van der Waals surface area contributed by atoms with Crippen molar-refractivity contribution in [2.75, 3.05) is 13.7 Å². The molecule has 2 amide bonds. The Hall–Kier alpha value is -3.28. The molecule has 1 aliphatic rings. The van der Waals surface area contributed by atoms with Gasteiger partial charge >= 0.3 is 0 Å². The summed E-state index contributed by atoms with van der Waals surface area (Å²) in [6.07, 6.45) is 2.11. The van der Waals surface area contributed by atoms with Crippen molar-refractivity contribution in [1.82, 2.24) is 15.8 Å². The lowest BCUT2D eigenvalue weighted by Crippen LogP contribution is -2.49. The fraction of sp³-hybridized carbons (Fsp3) is 0.238. The summed E-state index contributed by atoms with van der Waals surface area (Å²) in [6.45, 7) is 2.35. The number of hydrogen-bond donors (Lipinski definition) is 2. The number of aryl methyl sites for hydroxylation is 1. The predicted octanol–water partition coefficient (Wildman–Crippen LogP) is 2.40. The third-order valence-electron chi connectivity index (χ3n) is 4.33. The van der Waals surface area contributed by atoms with Gasteiger partial charge in [-0.3, -0.25) is 15.0 Å². The fourth-order valence-corrected chi connectivity index (χ4v) is 2.78. The van der Waals surface area contributed by atoms with Gasteiger partial charge in [0.25, 0.3) is 0 Å². The summed E-state index contributed by atoms with van der Waals surface area (Å²) in [7, 11) is 1.60. The van der Waals surface area contributed by atoms with Crippen LogP contribution in [0, 0.1) is 6.92 Å². The third kappa shape index (κ3) is 4.88. The van der Waals surface area contributed by atoms with Gasteiger partial charge in [0.15, 0.2) is 0 Å². The highest BCUT2D eigenvalue weighted by molar-refractivity contribution is 5.88. The minimum Gasteiger partial charge on any atom is -0.497 e. The largest absolute Gasteiger partial charge is 0.497 e. The van der Waals surface area contributed by atoms with Crippen molar-refractivity contribution in [2.24, 2.45) is 0 Å². The Labute approximate surface area is 158 Å². The van der Waals surface area contributed by atoms with Crippen LogP contribution in [0.4, 0.5) is 0 Å². The second-order valence-electron chi connectivity index (χ2n) is 6.41. The smallest absolute Gasteiger partial charge is 0.245 e. The Bertz CT molecular complexity index is 859. The molecule has 6 nitrogen and oxygen atoms in total. The number of hydrazine groups is 1. The second kappa shape index (κ2) is 8.40. The van der Waals surface area contributed by atoms with E-state index in [1.807, 2.05) is 61.5 Å². The summed E-state index contributed by atoms with van der Waals surface area (Å²) in [5.74, 6) is 0.369. The van der Waals surface area contributed by atoms with Crippen LogP contribution in [0.25, 0.3) is 5.70 Å². The Kier molecular flexibility index (Phi) is 5.76. The molecule has 2 aromatic rings. The van der Waals surface area contributed by atoms with Crippen molar-refractivity contribution in [1.29, 1.82) is 0 Å². The van der Waals surface area contributed by atoms with E-state index in [1.165, 1.54) is 10.6 Å². The van der Waals surface area contributed by atoms with Crippen LogP contribution in [0.1, 0.15) is 23.1 Å². The van der Waals surface area contributed by atoms with Crippen LogP contribution in [-0.2, 0) is 16.1 Å². The lowest BCUT2D eigenvalue weighted by molar-refractivity contribution is -0.137. The predicted molar refractivity (Wildman–Crippen MR) is 103 cm³/mol. The monoisotopic (exact) mass is 365 g/mol. The third-order valence-corrected chi connectivity index (χ3v) is 4.33. The maximum absolute atomic E-state index is 12.3. The van der Waals surface area contributed by atoms with Gasteiger partial charge in [0, 0.05) is 13.0 Å². The zero-order chi connectivity index (χ0) is 19.2. The number of hydrogen-bond acceptors (Lipinski definition) is 4. The molecule has 140 valence electrons. The highest BCUT2D eigenvalue weighted by Crippen LogP contribution is 2.18. The van der Waals surface area contributed by atoms with Gasteiger partial charge in [-0.05, 0) is 36.3 Å². The number of amides is 2. The maximum Gasteiger partial charge on any atom is 0.245 e. The minimum atomic E-state index is -0.233. The fourth-order valence-electron chi connectivity index (χ4n) is 2.78. The second-order valence-corrected chi connectivity index (χ2v) is 6.41. The van der Waals surface area contributed by atoms with Crippen molar-refractivity contribution >= 4 is 17.5 Å². The topological polar surface area (TPSA) is 70.7 Å². The van der Waals surface area contributed by atoms with E-state index >= 15 is 0 Å². The van der Waals surface area contributed by atoms with Crippen molar-refractivity contribution in [2.45, 2.75) is 19.9 Å². The van der Waals surface area contributed by atoms with Crippen molar-refractivity contribution < 1.29 is 14.3 Å². The average molecular weight is 365 g/mol. The molecule has 0 spiro atoms. The Balaban J connectivity index is 1.57. The van der Waals surface area contributed by atoms with Gasteiger partial charge in [-0.2, -0.15) is 0 Å². The molecule has 0 atom stereocenters. The Morgan fingerprint density at radius 3 is 2.74 bits per heavy atom. The van der Waals surface area contributed by atoms with E-state index in [4.69, 9.17) is 4.74 Å². The van der Waals surface area contributed by atoms with Crippen LogP contribution in [0.2, 0.25) is 0 Å². The Morgan fingerprint density at radius 2 is 2.00 bits per heavy atom. The van der Waals surface area contributed by atoms with Crippen LogP contribution in [0.3, 0.4) is 0 Å². The normalized spacial score (nSPS) is 13.6. The lowest BCUT2D eigenvalue weighted by atomic mass is 10.1. The number of methoxy groups -OCH3 is 1.